The lowest BCUT2D eigenvalue weighted by molar-refractivity contribution is 0.0957. The SMILES string of the molecule is CCc1cnc(C2=CCC(N3CCN(c4ccc(C(=O)NC)nc4F)CC3)C2)[nH]c1=O. The number of hydrogen-bond donors (Lipinski definition) is 2. The highest BCUT2D eigenvalue weighted by Gasteiger charge is 2.29. The minimum absolute atomic E-state index is 0.0662. The summed E-state index contributed by atoms with van der Waals surface area (Å²) >= 11 is 0. The van der Waals surface area contributed by atoms with E-state index in [1.807, 2.05) is 11.8 Å². The molecule has 2 aliphatic rings. The van der Waals surface area contributed by atoms with Crippen LogP contribution in [0.5, 0.6) is 0 Å². The summed E-state index contributed by atoms with van der Waals surface area (Å²) in [7, 11) is 1.49. The molecule has 9 heteroatoms. The number of aromatic amines is 1. The van der Waals surface area contributed by atoms with Crippen molar-refractivity contribution in [1.29, 1.82) is 0 Å². The van der Waals surface area contributed by atoms with E-state index in [0.29, 0.717) is 42.6 Å². The van der Waals surface area contributed by atoms with Crippen LogP contribution in [0.25, 0.3) is 5.57 Å². The zero-order valence-corrected chi connectivity index (χ0v) is 17.8. The van der Waals surface area contributed by atoms with Crippen molar-refractivity contribution in [2.24, 2.45) is 0 Å². The van der Waals surface area contributed by atoms with E-state index < -0.39 is 11.9 Å². The van der Waals surface area contributed by atoms with Gasteiger partial charge in [0.2, 0.25) is 5.95 Å². The first-order chi connectivity index (χ1) is 15.0. The molecule has 1 unspecified atom stereocenters. The van der Waals surface area contributed by atoms with Crippen LogP contribution in [-0.2, 0) is 6.42 Å². The predicted octanol–water partition coefficient (Wildman–Crippen LogP) is 1.59. The molecular formula is C22H27FN6O2. The molecule has 0 saturated carbocycles. The largest absolute Gasteiger partial charge is 0.365 e. The Labute approximate surface area is 180 Å². The lowest BCUT2D eigenvalue weighted by Gasteiger charge is -2.39. The van der Waals surface area contributed by atoms with Gasteiger partial charge in [0.25, 0.3) is 11.5 Å². The number of hydrogen-bond acceptors (Lipinski definition) is 6. The zero-order chi connectivity index (χ0) is 22.0. The molecule has 0 spiro atoms. The molecule has 4 rings (SSSR count). The van der Waals surface area contributed by atoms with Gasteiger partial charge in [0.15, 0.2) is 0 Å². The minimum atomic E-state index is -0.620. The third kappa shape index (κ3) is 4.36. The molecule has 31 heavy (non-hydrogen) atoms. The van der Waals surface area contributed by atoms with Gasteiger partial charge in [-0.1, -0.05) is 13.0 Å². The highest BCUT2D eigenvalue weighted by Crippen LogP contribution is 2.30. The van der Waals surface area contributed by atoms with Gasteiger partial charge in [-0.25, -0.2) is 9.97 Å². The summed E-state index contributed by atoms with van der Waals surface area (Å²) < 4.78 is 14.5. The summed E-state index contributed by atoms with van der Waals surface area (Å²) in [5.74, 6) is -0.363. The maximum Gasteiger partial charge on any atom is 0.269 e. The van der Waals surface area contributed by atoms with E-state index in [-0.39, 0.29) is 11.3 Å². The Morgan fingerprint density at radius 3 is 2.71 bits per heavy atom. The molecule has 3 heterocycles. The number of carbonyl (C=O) groups excluding carboxylic acids is 1. The Hall–Kier alpha value is -3.07. The molecule has 0 aromatic carbocycles. The maximum absolute atomic E-state index is 14.5. The first-order valence-corrected chi connectivity index (χ1v) is 10.6. The van der Waals surface area contributed by atoms with E-state index in [9.17, 15) is 14.0 Å². The number of aryl methyl sites for hydroxylation is 1. The molecule has 1 amide bonds. The summed E-state index contributed by atoms with van der Waals surface area (Å²) in [6.07, 6.45) is 6.23. The fourth-order valence-corrected chi connectivity index (χ4v) is 4.25. The lowest BCUT2D eigenvalue weighted by Crippen LogP contribution is -2.50. The van der Waals surface area contributed by atoms with Gasteiger partial charge in [-0.2, -0.15) is 4.39 Å². The van der Waals surface area contributed by atoms with E-state index in [4.69, 9.17) is 0 Å². The van der Waals surface area contributed by atoms with Crippen molar-refractivity contribution in [2.45, 2.75) is 32.2 Å². The monoisotopic (exact) mass is 426 g/mol. The second-order valence-electron chi connectivity index (χ2n) is 7.87. The molecule has 1 aliphatic carbocycles. The van der Waals surface area contributed by atoms with Gasteiger partial charge >= 0.3 is 0 Å². The first kappa shape index (κ1) is 21.2. The molecule has 2 aromatic heterocycles. The topological polar surface area (TPSA) is 94.2 Å². The number of nitrogens with zero attached hydrogens (tertiary/aromatic N) is 4. The molecule has 2 N–H and O–H groups in total. The van der Waals surface area contributed by atoms with E-state index >= 15 is 0 Å². The van der Waals surface area contributed by atoms with Gasteiger partial charge in [0.05, 0.1) is 5.69 Å². The van der Waals surface area contributed by atoms with Crippen molar-refractivity contribution in [2.75, 3.05) is 38.1 Å². The van der Waals surface area contributed by atoms with Gasteiger partial charge < -0.3 is 15.2 Å². The van der Waals surface area contributed by atoms with Gasteiger partial charge in [0, 0.05) is 51.0 Å². The number of amides is 1. The van der Waals surface area contributed by atoms with Crippen LogP contribution in [0.2, 0.25) is 0 Å². The number of H-pyrrole nitrogens is 1. The van der Waals surface area contributed by atoms with Gasteiger partial charge in [-0.05, 0) is 37.0 Å². The van der Waals surface area contributed by atoms with E-state index in [1.165, 1.54) is 7.05 Å². The van der Waals surface area contributed by atoms with Crippen LogP contribution in [0.15, 0.2) is 29.2 Å². The van der Waals surface area contributed by atoms with E-state index in [1.54, 1.807) is 18.3 Å². The summed E-state index contributed by atoms with van der Waals surface area (Å²) in [6.45, 7) is 4.92. The quantitative estimate of drug-likeness (QED) is 0.706. The highest BCUT2D eigenvalue weighted by molar-refractivity contribution is 5.92. The average molecular weight is 426 g/mol. The highest BCUT2D eigenvalue weighted by atomic mass is 19.1. The minimum Gasteiger partial charge on any atom is -0.365 e. The fraction of sp³-hybridized carbons (Fsp3) is 0.455. The number of aromatic nitrogens is 3. The van der Waals surface area contributed by atoms with Gasteiger partial charge in [-0.15, -0.1) is 0 Å². The van der Waals surface area contributed by atoms with Crippen LogP contribution in [0.3, 0.4) is 0 Å². The zero-order valence-electron chi connectivity index (χ0n) is 17.8. The van der Waals surface area contributed by atoms with E-state index in [2.05, 4.69) is 31.2 Å². The van der Waals surface area contributed by atoms with E-state index in [0.717, 1.165) is 31.5 Å². The molecule has 1 saturated heterocycles. The summed E-state index contributed by atoms with van der Waals surface area (Å²) in [5, 5.41) is 2.45. The maximum atomic E-state index is 14.5. The standard InChI is InChI=1S/C22H27FN6O2/c1-3-14-13-25-20(27-21(14)30)15-4-5-16(12-15)28-8-10-29(11-9-28)18-7-6-17(22(31)24-2)26-19(18)23/h4,6-7,13,16H,3,5,8-12H2,1-2H3,(H,24,31)(H,25,27,30). The molecule has 1 fully saturated rings. The van der Waals surface area contributed by atoms with Crippen molar-refractivity contribution in [1.82, 2.24) is 25.2 Å². The van der Waals surface area contributed by atoms with Crippen molar-refractivity contribution in [3.8, 4) is 0 Å². The Morgan fingerprint density at radius 1 is 1.29 bits per heavy atom. The van der Waals surface area contributed by atoms with Crippen LogP contribution in [-0.4, -0.2) is 65.0 Å². The Balaban J connectivity index is 1.35. The smallest absolute Gasteiger partial charge is 0.269 e. The van der Waals surface area contributed by atoms with Crippen LogP contribution in [0.4, 0.5) is 10.1 Å². The van der Waals surface area contributed by atoms with Crippen LogP contribution >= 0.6 is 0 Å². The second kappa shape index (κ2) is 8.97. The predicted molar refractivity (Wildman–Crippen MR) is 117 cm³/mol. The molecular weight excluding hydrogens is 399 g/mol. The van der Waals surface area contributed by atoms with Crippen molar-refractivity contribution < 1.29 is 9.18 Å². The molecule has 2 aromatic rings. The Kier molecular flexibility index (Phi) is 6.13. The summed E-state index contributed by atoms with van der Waals surface area (Å²) in [6, 6.07) is 3.53. The number of nitrogens with one attached hydrogen (secondary N) is 2. The lowest BCUT2D eigenvalue weighted by atomic mass is 10.1. The molecule has 0 bridgehead atoms. The van der Waals surface area contributed by atoms with Crippen LogP contribution in [0, 0.1) is 5.95 Å². The Morgan fingerprint density at radius 2 is 2.06 bits per heavy atom. The fourth-order valence-electron chi connectivity index (χ4n) is 4.25. The first-order valence-electron chi connectivity index (χ1n) is 10.6. The molecule has 1 aliphatic heterocycles. The molecule has 0 radical (unpaired) electrons. The van der Waals surface area contributed by atoms with Crippen molar-refractivity contribution in [3.63, 3.8) is 0 Å². The normalized spacial score (nSPS) is 19.4. The van der Waals surface area contributed by atoms with Crippen LogP contribution in [0.1, 0.15) is 41.6 Å². The number of rotatable bonds is 5. The summed E-state index contributed by atoms with van der Waals surface area (Å²) in [4.78, 5) is 39.2. The Bertz CT molecular complexity index is 1060. The number of piperazine rings is 1. The van der Waals surface area contributed by atoms with Crippen LogP contribution < -0.4 is 15.8 Å². The number of anilines is 1. The molecule has 8 nitrogen and oxygen atoms in total. The average Bonchev–Trinajstić information content (AvgIpc) is 3.29. The van der Waals surface area contributed by atoms with Gasteiger partial charge in [0.1, 0.15) is 11.5 Å². The van der Waals surface area contributed by atoms with Crippen molar-refractivity contribution in [3.05, 3.63) is 57.8 Å². The number of halogens is 1. The molecule has 164 valence electrons. The number of pyridine rings is 1. The summed E-state index contributed by atoms with van der Waals surface area (Å²) in [5.41, 5.74) is 2.21. The second-order valence-corrected chi connectivity index (χ2v) is 7.87. The van der Waals surface area contributed by atoms with Crippen molar-refractivity contribution >= 4 is 17.2 Å². The third-order valence-corrected chi connectivity index (χ3v) is 6.11. The van der Waals surface area contributed by atoms with Gasteiger partial charge in [-0.3, -0.25) is 14.5 Å². The third-order valence-electron chi connectivity index (χ3n) is 6.11. The molecule has 1 atom stereocenters. The number of carbonyl (C=O) groups is 1.